The van der Waals surface area contributed by atoms with Crippen LogP contribution in [-0.4, -0.2) is 23.9 Å². The number of rotatable bonds is 7. The molecule has 0 spiro atoms. The van der Waals surface area contributed by atoms with Crippen molar-refractivity contribution in [2.75, 3.05) is 16.6 Å². The van der Waals surface area contributed by atoms with Crippen LogP contribution in [-0.2, 0) is 20.0 Å². The molecule has 0 saturated heterocycles. The van der Waals surface area contributed by atoms with Crippen molar-refractivity contribution >= 4 is 43.0 Å². The topological polar surface area (TPSA) is 102 Å². The van der Waals surface area contributed by atoms with Crippen LogP contribution in [0.5, 0.6) is 5.75 Å². The lowest BCUT2D eigenvalue weighted by molar-refractivity contribution is 0.417. The fourth-order valence-corrected chi connectivity index (χ4v) is 4.97. The SMILES string of the molecule is COc1ccccc1NS(=O)(=O)c1ccc(C)c(NS(=O)(=O)c2ccc(Cl)cc2)c1. The average Bonchev–Trinajstić information content (AvgIpc) is 2.70. The number of aryl methyl sites for hydroxylation is 1. The molecule has 30 heavy (non-hydrogen) atoms. The maximum absolute atomic E-state index is 12.8. The van der Waals surface area contributed by atoms with Gasteiger partial charge in [-0.25, -0.2) is 16.8 Å². The Morgan fingerprint density at radius 3 is 2.00 bits per heavy atom. The van der Waals surface area contributed by atoms with Gasteiger partial charge in [-0.15, -0.1) is 0 Å². The highest BCUT2D eigenvalue weighted by molar-refractivity contribution is 7.93. The highest BCUT2D eigenvalue weighted by Gasteiger charge is 2.20. The van der Waals surface area contributed by atoms with Crippen molar-refractivity contribution < 1.29 is 21.6 Å². The van der Waals surface area contributed by atoms with Gasteiger partial charge >= 0.3 is 0 Å². The first-order valence-electron chi connectivity index (χ1n) is 8.67. The van der Waals surface area contributed by atoms with Gasteiger partial charge < -0.3 is 4.74 Å². The molecule has 3 rings (SSSR count). The van der Waals surface area contributed by atoms with Crippen molar-refractivity contribution in [1.29, 1.82) is 0 Å². The van der Waals surface area contributed by atoms with Crippen LogP contribution in [0.15, 0.2) is 76.5 Å². The number of hydrogen-bond acceptors (Lipinski definition) is 5. The first kappa shape index (κ1) is 21.9. The largest absolute Gasteiger partial charge is 0.495 e. The maximum Gasteiger partial charge on any atom is 0.262 e. The van der Waals surface area contributed by atoms with Crippen molar-refractivity contribution in [3.63, 3.8) is 0 Å². The molecule has 0 radical (unpaired) electrons. The molecular formula is C20H19ClN2O5S2. The van der Waals surface area contributed by atoms with Gasteiger partial charge in [0.25, 0.3) is 20.0 Å². The van der Waals surface area contributed by atoms with E-state index in [9.17, 15) is 16.8 Å². The van der Waals surface area contributed by atoms with E-state index >= 15 is 0 Å². The Morgan fingerprint density at radius 1 is 0.767 bits per heavy atom. The van der Waals surface area contributed by atoms with Crippen LogP contribution < -0.4 is 14.2 Å². The molecule has 10 heteroatoms. The average molecular weight is 467 g/mol. The van der Waals surface area contributed by atoms with E-state index in [4.69, 9.17) is 16.3 Å². The van der Waals surface area contributed by atoms with Crippen molar-refractivity contribution in [2.24, 2.45) is 0 Å². The summed E-state index contributed by atoms with van der Waals surface area (Å²) in [5.41, 5.74) is 0.973. The number of benzene rings is 3. The minimum absolute atomic E-state index is 0.00621. The summed E-state index contributed by atoms with van der Waals surface area (Å²) in [6, 6.07) is 16.4. The lowest BCUT2D eigenvalue weighted by atomic mass is 10.2. The molecule has 3 aromatic rings. The van der Waals surface area contributed by atoms with E-state index in [-0.39, 0.29) is 21.2 Å². The van der Waals surface area contributed by atoms with E-state index in [1.807, 2.05) is 0 Å². The van der Waals surface area contributed by atoms with Crippen LogP contribution in [0.1, 0.15) is 5.56 Å². The molecule has 0 bridgehead atoms. The third-order valence-electron chi connectivity index (χ3n) is 4.24. The van der Waals surface area contributed by atoms with Gasteiger partial charge in [-0.3, -0.25) is 9.44 Å². The molecule has 0 aromatic heterocycles. The lowest BCUT2D eigenvalue weighted by Crippen LogP contribution is -2.16. The van der Waals surface area contributed by atoms with Gasteiger partial charge in [-0.1, -0.05) is 29.8 Å². The summed E-state index contributed by atoms with van der Waals surface area (Å²) in [4.78, 5) is -0.0977. The monoisotopic (exact) mass is 466 g/mol. The van der Waals surface area contributed by atoms with Gasteiger partial charge in [0.15, 0.2) is 0 Å². The summed E-state index contributed by atoms with van der Waals surface area (Å²) in [6.45, 7) is 1.67. The summed E-state index contributed by atoms with van der Waals surface area (Å²) in [7, 11) is -6.49. The molecule has 0 atom stereocenters. The van der Waals surface area contributed by atoms with Crippen molar-refractivity contribution in [1.82, 2.24) is 0 Å². The van der Waals surface area contributed by atoms with Crippen molar-refractivity contribution in [3.05, 3.63) is 77.3 Å². The number of nitrogens with one attached hydrogen (secondary N) is 2. The molecule has 0 aliphatic rings. The predicted molar refractivity (Wildman–Crippen MR) is 117 cm³/mol. The second kappa shape index (κ2) is 8.55. The third kappa shape index (κ3) is 4.86. The second-order valence-electron chi connectivity index (χ2n) is 6.34. The zero-order chi connectivity index (χ0) is 21.9. The highest BCUT2D eigenvalue weighted by atomic mass is 35.5. The standard InChI is InChI=1S/C20H19ClN2O5S2/c1-14-7-10-17(30(26,27)22-18-5-3-4-6-20(18)28-2)13-19(14)23-29(24,25)16-11-8-15(21)9-12-16/h3-13,22-23H,1-2H3. The third-order valence-corrected chi connectivity index (χ3v) is 7.24. The van der Waals surface area contributed by atoms with Crippen LogP contribution in [0.3, 0.4) is 0 Å². The predicted octanol–water partition coefficient (Wildman–Crippen LogP) is 4.26. The molecule has 2 N–H and O–H groups in total. The van der Waals surface area contributed by atoms with Gasteiger partial charge in [0.05, 0.1) is 28.3 Å². The smallest absolute Gasteiger partial charge is 0.262 e. The molecule has 0 amide bonds. The van der Waals surface area contributed by atoms with Crippen molar-refractivity contribution in [2.45, 2.75) is 16.7 Å². The summed E-state index contributed by atoms with van der Waals surface area (Å²) >= 11 is 5.81. The van der Waals surface area contributed by atoms with E-state index in [0.29, 0.717) is 16.3 Å². The Hall–Kier alpha value is -2.75. The number of anilines is 2. The molecule has 7 nitrogen and oxygen atoms in total. The summed E-state index contributed by atoms with van der Waals surface area (Å²) in [5, 5.41) is 0.403. The number of sulfonamides is 2. The highest BCUT2D eigenvalue weighted by Crippen LogP contribution is 2.28. The Balaban J connectivity index is 1.93. The molecule has 3 aromatic carbocycles. The minimum atomic E-state index is -3.99. The van der Waals surface area contributed by atoms with Crippen LogP contribution >= 0.6 is 11.6 Å². The van der Waals surface area contributed by atoms with Crippen molar-refractivity contribution in [3.8, 4) is 5.75 Å². The van der Waals surface area contributed by atoms with Gasteiger partial charge in [0.2, 0.25) is 0 Å². The fraction of sp³-hybridized carbons (Fsp3) is 0.100. The number of para-hydroxylation sites is 2. The second-order valence-corrected chi connectivity index (χ2v) is 10.1. The molecule has 158 valence electrons. The number of methoxy groups -OCH3 is 1. The Morgan fingerprint density at radius 2 is 1.33 bits per heavy atom. The van der Waals surface area contributed by atoms with Gasteiger partial charge in [-0.2, -0.15) is 0 Å². The maximum atomic E-state index is 12.8. The molecule has 0 unspecified atom stereocenters. The Kier molecular flexibility index (Phi) is 6.25. The van der Waals surface area contributed by atoms with E-state index in [2.05, 4.69) is 9.44 Å². The van der Waals surface area contributed by atoms with Crippen LogP contribution in [0.25, 0.3) is 0 Å². The first-order valence-corrected chi connectivity index (χ1v) is 12.0. The number of halogens is 1. The van der Waals surface area contributed by atoms with Gasteiger partial charge in [0.1, 0.15) is 5.75 Å². The Bertz CT molecular complexity index is 1270. The molecule has 0 fully saturated rings. The number of ether oxygens (including phenoxy) is 1. The van der Waals surface area contributed by atoms with Crippen LogP contribution in [0.4, 0.5) is 11.4 Å². The van der Waals surface area contributed by atoms with Crippen LogP contribution in [0, 0.1) is 6.92 Å². The molecule has 0 aliphatic carbocycles. The fourth-order valence-electron chi connectivity index (χ4n) is 2.63. The zero-order valence-corrected chi connectivity index (χ0v) is 18.5. The quantitative estimate of drug-likeness (QED) is 0.541. The number of hydrogen-bond donors (Lipinski definition) is 2. The summed E-state index contributed by atoms with van der Waals surface area (Å²) in [6.07, 6.45) is 0. The lowest BCUT2D eigenvalue weighted by Gasteiger charge is -2.14. The molecule has 0 heterocycles. The summed E-state index contributed by atoms with van der Waals surface area (Å²) < 4.78 is 61.1. The van der Waals surface area contributed by atoms with E-state index in [1.165, 1.54) is 49.6 Å². The Labute approximate surface area is 180 Å². The normalized spacial score (nSPS) is 11.7. The first-order chi connectivity index (χ1) is 14.1. The van der Waals surface area contributed by atoms with E-state index in [0.717, 1.165) is 0 Å². The minimum Gasteiger partial charge on any atom is -0.495 e. The molecule has 0 saturated carbocycles. The molecular weight excluding hydrogens is 448 g/mol. The summed E-state index contributed by atoms with van der Waals surface area (Å²) in [5.74, 6) is 0.358. The van der Waals surface area contributed by atoms with E-state index in [1.54, 1.807) is 31.2 Å². The van der Waals surface area contributed by atoms with Gasteiger partial charge in [-0.05, 0) is 61.0 Å². The van der Waals surface area contributed by atoms with Crippen LogP contribution in [0.2, 0.25) is 5.02 Å². The molecule has 0 aliphatic heterocycles. The van der Waals surface area contributed by atoms with Gasteiger partial charge in [0, 0.05) is 5.02 Å². The van der Waals surface area contributed by atoms with E-state index < -0.39 is 20.0 Å². The zero-order valence-electron chi connectivity index (χ0n) is 16.1.